The summed E-state index contributed by atoms with van der Waals surface area (Å²) in [5.41, 5.74) is 9.94. The predicted molar refractivity (Wildman–Crippen MR) is 110 cm³/mol. The standard InChI is InChI=1S/C19H22Cl2N4O/c1-12-9-14(23-2)11-16(22)18(12)19(26)25-7-5-24(6-8-25)17-4-3-13(20)10-15(17)21/h3-4,9-11,23H,5-8,22H2,1-2H3. The smallest absolute Gasteiger partial charge is 0.256 e. The number of benzene rings is 2. The summed E-state index contributed by atoms with van der Waals surface area (Å²) in [7, 11) is 1.83. The van der Waals surface area contributed by atoms with Crippen LogP contribution < -0.4 is 16.0 Å². The molecule has 1 heterocycles. The number of aryl methyl sites for hydroxylation is 1. The highest BCUT2D eigenvalue weighted by Crippen LogP contribution is 2.30. The van der Waals surface area contributed by atoms with Crippen LogP contribution in [0.15, 0.2) is 30.3 Å². The molecule has 1 aliphatic rings. The first-order chi connectivity index (χ1) is 12.4. The van der Waals surface area contributed by atoms with Gasteiger partial charge in [0.25, 0.3) is 5.91 Å². The van der Waals surface area contributed by atoms with Gasteiger partial charge in [0.2, 0.25) is 0 Å². The Labute approximate surface area is 163 Å². The van der Waals surface area contributed by atoms with Crippen LogP contribution in [0, 0.1) is 6.92 Å². The Morgan fingerprint density at radius 2 is 1.81 bits per heavy atom. The summed E-state index contributed by atoms with van der Waals surface area (Å²) in [6.45, 7) is 4.56. The van der Waals surface area contributed by atoms with E-state index < -0.39 is 0 Å². The Morgan fingerprint density at radius 3 is 2.38 bits per heavy atom. The molecule has 3 N–H and O–H groups in total. The number of rotatable bonds is 3. The Bertz CT molecular complexity index is 809. The number of piperazine rings is 1. The lowest BCUT2D eigenvalue weighted by Crippen LogP contribution is -2.49. The fourth-order valence-corrected chi connectivity index (χ4v) is 3.83. The Kier molecular flexibility index (Phi) is 5.49. The fourth-order valence-electron chi connectivity index (χ4n) is 3.30. The van der Waals surface area contributed by atoms with Gasteiger partial charge in [-0.15, -0.1) is 0 Å². The first-order valence-electron chi connectivity index (χ1n) is 8.48. The molecule has 0 radical (unpaired) electrons. The molecule has 5 nitrogen and oxygen atoms in total. The molecule has 0 spiro atoms. The number of nitrogen functional groups attached to an aromatic ring is 1. The number of nitrogens with two attached hydrogens (primary N) is 1. The lowest BCUT2D eigenvalue weighted by atomic mass is 10.0. The summed E-state index contributed by atoms with van der Waals surface area (Å²) in [5, 5.41) is 4.29. The van der Waals surface area contributed by atoms with Crippen molar-refractivity contribution in [3.8, 4) is 0 Å². The largest absolute Gasteiger partial charge is 0.398 e. The van der Waals surface area contributed by atoms with Crippen molar-refractivity contribution in [2.75, 3.05) is 49.2 Å². The van der Waals surface area contributed by atoms with Crippen molar-refractivity contribution in [2.24, 2.45) is 0 Å². The molecule has 2 aromatic rings. The summed E-state index contributed by atoms with van der Waals surface area (Å²) in [6.07, 6.45) is 0. The number of halogens is 2. The topological polar surface area (TPSA) is 61.6 Å². The van der Waals surface area contributed by atoms with Gasteiger partial charge in [0, 0.05) is 49.6 Å². The van der Waals surface area contributed by atoms with Crippen molar-refractivity contribution in [1.82, 2.24) is 4.90 Å². The van der Waals surface area contributed by atoms with Crippen LogP contribution in [0.1, 0.15) is 15.9 Å². The van der Waals surface area contributed by atoms with Gasteiger partial charge in [-0.25, -0.2) is 0 Å². The summed E-state index contributed by atoms with van der Waals surface area (Å²) < 4.78 is 0. The Hall–Kier alpha value is -2.11. The summed E-state index contributed by atoms with van der Waals surface area (Å²) in [5.74, 6) is -0.0236. The van der Waals surface area contributed by atoms with E-state index in [4.69, 9.17) is 28.9 Å². The molecule has 0 atom stereocenters. The van der Waals surface area contributed by atoms with Gasteiger partial charge in [-0.1, -0.05) is 23.2 Å². The van der Waals surface area contributed by atoms with Crippen LogP contribution in [0.3, 0.4) is 0 Å². The van der Waals surface area contributed by atoms with Gasteiger partial charge in [-0.05, 0) is 42.8 Å². The molecule has 26 heavy (non-hydrogen) atoms. The molecule has 1 amide bonds. The molecule has 0 bridgehead atoms. The second-order valence-electron chi connectivity index (χ2n) is 6.38. The normalized spacial score (nSPS) is 14.5. The zero-order valence-corrected chi connectivity index (χ0v) is 16.4. The maximum absolute atomic E-state index is 13.0. The minimum Gasteiger partial charge on any atom is -0.398 e. The molecule has 1 fully saturated rings. The average molecular weight is 393 g/mol. The van der Waals surface area contributed by atoms with Crippen LogP contribution in [0.25, 0.3) is 0 Å². The second-order valence-corrected chi connectivity index (χ2v) is 7.23. The summed E-state index contributed by atoms with van der Waals surface area (Å²) >= 11 is 12.3. The van der Waals surface area contributed by atoms with Crippen LogP contribution in [-0.4, -0.2) is 44.0 Å². The average Bonchev–Trinajstić information content (AvgIpc) is 2.61. The van der Waals surface area contributed by atoms with Crippen molar-refractivity contribution in [3.63, 3.8) is 0 Å². The van der Waals surface area contributed by atoms with Crippen molar-refractivity contribution in [2.45, 2.75) is 6.92 Å². The molecule has 138 valence electrons. The lowest BCUT2D eigenvalue weighted by molar-refractivity contribution is 0.0747. The third-order valence-corrected chi connectivity index (χ3v) is 5.22. The Morgan fingerprint density at radius 1 is 1.12 bits per heavy atom. The Balaban J connectivity index is 1.73. The SMILES string of the molecule is CNc1cc(C)c(C(=O)N2CCN(c3ccc(Cl)cc3Cl)CC2)c(N)c1. The maximum Gasteiger partial charge on any atom is 0.256 e. The fraction of sp³-hybridized carbons (Fsp3) is 0.316. The number of hydrogen-bond donors (Lipinski definition) is 2. The molecule has 0 unspecified atom stereocenters. The quantitative estimate of drug-likeness (QED) is 0.777. The van der Waals surface area contributed by atoms with Gasteiger partial charge in [0.05, 0.1) is 16.3 Å². The number of carbonyl (C=O) groups is 1. The van der Waals surface area contributed by atoms with E-state index in [2.05, 4.69) is 10.2 Å². The molecule has 0 saturated carbocycles. The van der Waals surface area contributed by atoms with E-state index in [1.807, 2.05) is 37.1 Å². The molecular formula is C19H22Cl2N4O. The van der Waals surface area contributed by atoms with Crippen LogP contribution in [0.4, 0.5) is 17.1 Å². The van der Waals surface area contributed by atoms with E-state index in [1.54, 1.807) is 12.1 Å². The highest BCUT2D eigenvalue weighted by Gasteiger charge is 2.25. The van der Waals surface area contributed by atoms with Crippen LogP contribution in [0.5, 0.6) is 0 Å². The highest BCUT2D eigenvalue weighted by molar-refractivity contribution is 6.36. The minimum atomic E-state index is -0.0236. The molecule has 1 aliphatic heterocycles. The van der Waals surface area contributed by atoms with Crippen LogP contribution in [0.2, 0.25) is 10.0 Å². The van der Waals surface area contributed by atoms with Crippen molar-refractivity contribution in [1.29, 1.82) is 0 Å². The first-order valence-corrected chi connectivity index (χ1v) is 9.23. The van der Waals surface area contributed by atoms with Gasteiger partial charge in [-0.2, -0.15) is 0 Å². The number of hydrogen-bond acceptors (Lipinski definition) is 4. The molecule has 1 saturated heterocycles. The molecule has 0 aromatic heterocycles. The van der Waals surface area contributed by atoms with E-state index in [1.165, 1.54) is 0 Å². The maximum atomic E-state index is 13.0. The lowest BCUT2D eigenvalue weighted by Gasteiger charge is -2.37. The molecule has 0 aliphatic carbocycles. The number of nitrogens with zero attached hydrogens (tertiary/aromatic N) is 2. The third kappa shape index (κ3) is 3.69. The van der Waals surface area contributed by atoms with Crippen molar-refractivity contribution in [3.05, 3.63) is 51.5 Å². The van der Waals surface area contributed by atoms with E-state index in [0.29, 0.717) is 47.5 Å². The number of anilines is 3. The molecule has 2 aromatic carbocycles. The minimum absolute atomic E-state index is 0.0236. The van der Waals surface area contributed by atoms with E-state index in [0.717, 1.165) is 16.9 Å². The van der Waals surface area contributed by atoms with Crippen LogP contribution in [-0.2, 0) is 0 Å². The van der Waals surface area contributed by atoms with E-state index in [-0.39, 0.29) is 5.91 Å². The molecular weight excluding hydrogens is 371 g/mol. The predicted octanol–water partition coefficient (Wildman–Crippen LogP) is 3.89. The second kappa shape index (κ2) is 7.64. The number of carbonyl (C=O) groups excluding carboxylic acids is 1. The monoisotopic (exact) mass is 392 g/mol. The molecule has 7 heteroatoms. The third-order valence-electron chi connectivity index (χ3n) is 4.69. The summed E-state index contributed by atoms with van der Waals surface area (Å²) in [4.78, 5) is 17.0. The highest BCUT2D eigenvalue weighted by atomic mass is 35.5. The van der Waals surface area contributed by atoms with Crippen molar-refractivity contribution < 1.29 is 4.79 Å². The van der Waals surface area contributed by atoms with Crippen LogP contribution >= 0.6 is 23.2 Å². The van der Waals surface area contributed by atoms with Gasteiger partial charge < -0.3 is 20.9 Å². The van der Waals surface area contributed by atoms with E-state index >= 15 is 0 Å². The van der Waals surface area contributed by atoms with Gasteiger partial charge in [0.1, 0.15) is 0 Å². The van der Waals surface area contributed by atoms with Gasteiger partial charge in [0.15, 0.2) is 0 Å². The zero-order valence-electron chi connectivity index (χ0n) is 14.9. The van der Waals surface area contributed by atoms with E-state index in [9.17, 15) is 4.79 Å². The first kappa shape index (κ1) is 18.7. The van der Waals surface area contributed by atoms with Crippen molar-refractivity contribution >= 4 is 46.2 Å². The van der Waals surface area contributed by atoms with Gasteiger partial charge in [-0.3, -0.25) is 4.79 Å². The van der Waals surface area contributed by atoms with Gasteiger partial charge >= 0.3 is 0 Å². The zero-order chi connectivity index (χ0) is 18.8. The number of amides is 1. The number of nitrogens with one attached hydrogen (secondary N) is 1. The summed E-state index contributed by atoms with van der Waals surface area (Å²) in [6, 6.07) is 9.22. The molecule has 3 rings (SSSR count).